The van der Waals surface area contributed by atoms with Gasteiger partial charge < -0.3 is 4.90 Å². The van der Waals surface area contributed by atoms with E-state index in [-0.39, 0.29) is 11.9 Å². The number of anilines is 2. The summed E-state index contributed by atoms with van der Waals surface area (Å²) in [5.41, 5.74) is 3.56. The molecule has 3 aliphatic heterocycles. The van der Waals surface area contributed by atoms with E-state index < -0.39 is 5.41 Å². The van der Waals surface area contributed by atoms with Crippen LogP contribution in [0.3, 0.4) is 0 Å². The SMILES string of the molecule is CC1=NN(c2ccc(Cl)cc2)C(=O)[C@@]12Cc1cc(Br)ccc1N1CCCC[C@@H]12. The predicted octanol–water partition coefficient (Wildman–Crippen LogP) is 5.43. The highest BCUT2D eigenvalue weighted by molar-refractivity contribution is 9.10. The van der Waals surface area contributed by atoms with Gasteiger partial charge in [0.25, 0.3) is 5.91 Å². The van der Waals surface area contributed by atoms with E-state index in [1.807, 2.05) is 19.1 Å². The maximum Gasteiger partial charge on any atom is 0.261 e. The number of nitrogens with zero attached hydrogens (tertiary/aromatic N) is 3. The van der Waals surface area contributed by atoms with Crippen LogP contribution in [0.5, 0.6) is 0 Å². The number of hydrogen-bond acceptors (Lipinski definition) is 3. The van der Waals surface area contributed by atoms with E-state index >= 15 is 0 Å². The molecule has 1 saturated heterocycles. The van der Waals surface area contributed by atoms with Crippen molar-refractivity contribution in [3.8, 4) is 0 Å². The van der Waals surface area contributed by atoms with Crippen LogP contribution in [0.2, 0.25) is 5.02 Å². The highest BCUT2D eigenvalue weighted by Gasteiger charge is 2.59. The van der Waals surface area contributed by atoms with Crippen molar-refractivity contribution in [2.24, 2.45) is 10.5 Å². The van der Waals surface area contributed by atoms with Crippen LogP contribution in [-0.2, 0) is 11.2 Å². The largest absolute Gasteiger partial charge is 0.367 e. The molecule has 0 N–H and O–H groups in total. The average molecular weight is 459 g/mol. The van der Waals surface area contributed by atoms with Crippen LogP contribution < -0.4 is 9.91 Å². The van der Waals surface area contributed by atoms with E-state index in [9.17, 15) is 4.79 Å². The van der Waals surface area contributed by atoms with E-state index in [0.29, 0.717) is 11.4 Å². The number of rotatable bonds is 1. The molecule has 1 spiro atoms. The van der Waals surface area contributed by atoms with Crippen LogP contribution in [0.15, 0.2) is 52.0 Å². The zero-order valence-corrected chi connectivity index (χ0v) is 18.0. The molecular formula is C22H21BrClN3O. The van der Waals surface area contributed by atoms with Crippen LogP contribution >= 0.6 is 27.5 Å². The number of benzene rings is 2. The van der Waals surface area contributed by atoms with Crippen LogP contribution in [0.25, 0.3) is 0 Å². The molecule has 3 heterocycles. The van der Waals surface area contributed by atoms with Gasteiger partial charge in [0.1, 0.15) is 5.41 Å². The molecule has 5 rings (SSSR count). The van der Waals surface area contributed by atoms with Crippen LogP contribution in [0.4, 0.5) is 11.4 Å². The summed E-state index contributed by atoms with van der Waals surface area (Å²) in [4.78, 5) is 16.3. The molecular weight excluding hydrogens is 438 g/mol. The first-order valence-electron chi connectivity index (χ1n) is 9.71. The summed E-state index contributed by atoms with van der Waals surface area (Å²) in [6.07, 6.45) is 4.02. The molecule has 0 saturated carbocycles. The lowest BCUT2D eigenvalue weighted by molar-refractivity contribution is -0.125. The fourth-order valence-corrected chi connectivity index (χ4v) is 5.63. The van der Waals surface area contributed by atoms with Gasteiger partial charge in [-0.3, -0.25) is 4.79 Å². The monoisotopic (exact) mass is 457 g/mol. The quantitative estimate of drug-likeness (QED) is 0.571. The molecule has 1 fully saturated rings. The minimum atomic E-state index is -0.603. The fraction of sp³-hybridized carbons (Fsp3) is 0.364. The van der Waals surface area contributed by atoms with Gasteiger partial charge in [0.05, 0.1) is 11.4 Å². The third-order valence-corrected chi connectivity index (χ3v) is 7.18. The molecule has 144 valence electrons. The smallest absolute Gasteiger partial charge is 0.261 e. The Morgan fingerprint density at radius 3 is 2.75 bits per heavy atom. The van der Waals surface area contributed by atoms with Gasteiger partial charge in [0.2, 0.25) is 0 Å². The number of halogens is 2. The Hall–Kier alpha value is -1.85. The van der Waals surface area contributed by atoms with Gasteiger partial charge in [-0.25, -0.2) is 0 Å². The van der Waals surface area contributed by atoms with E-state index in [1.54, 1.807) is 17.1 Å². The lowest BCUT2D eigenvalue weighted by Crippen LogP contribution is -2.61. The van der Waals surface area contributed by atoms with Gasteiger partial charge in [0.15, 0.2) is 0 Å². The second kappa shape index (κ2) is 6.60. The zero-order valence-electron chi connectivity index (χ0n) is 15.7. The zero-order chi connectivity index (χ0) is 19.5. The van der Waals surface area contributed by atoms with Gasteiger partial charge in [-0.2, -0.15) is 10.1 Å². The Kier molecular flexibility index (Phi) is 4.29. The molecule has 2 aromatic rings. The predicted molar refractivity (Wildman–Crippen MR) is 117 cm³/mol. The molecule has 2 aromatic carbocycles. The van der Waals surface area contributed by atoms with Crippen molar-refractivity contribution in [1.82, 2.24) is 0 Å². The highest BCUT2D eigenvalue weighted by Crippen LogP contribution is 2.50. The highest BCUT2D eigenvalue weighted by atomic mass is 79.9. The standard InChI is InChI=1S/C22H21BrClN3O/c1-14-22(21(28)27(25-14)18-8-6-17(24)7-9-18)13-15-12-16(23)5-10-19(15)26-11-3-2-4-20(22)26/h5-10,12,20H,2-4,11,13H2,1H3/t20-,22+/m1/s1. The maximum absolute atomic E-state index is 13.9. The van der Waals surface area contributed by atoms with Crippen LogP contribution in [-0.4, -0.2) is 24.2 Å². The third kappa shape index (κ3) is 2.56. The van der Waals surface area contributed by atoms with Crippen molar-refractivity contribution in [3.05, 3.63) is 57.5 Å². The summed E-state index contributed by atoms with van der Waals surface area (Å²) in [7, 11) is 0. The maximum atomic E-state index is 13.9. The van der Waals surface area contributed by atoms with Crippen molar-refractivity contribution in [3.63, 3.8) is 0 Å². The Morgan fingerprint density at radius 2 is 1.96 bits per heavy atom. The van der Waals surface area contributed by atoms with E-state index in [2.05, 4.69) is 39.0 Å². The van der Waals surface area contributed by atoms with Crippen LogP contribution in [0.1, 0.15) is 31.7 Å². The Bertz CT molecular complexity index is 990. The number of hydrazone groups is 1. The second-order valence-corrected chi connectivity index (χ2v) is 9.26. The number of fused-ring (bicyclic) bond motifs is 4. The average Bonchev–Trinajstić information content (AvgIpc) is 2.94. The molecule has 1 amide bonds. The van der Waals surface area contributed by atoms with Gasteiger partial charge in [0, 0.05) is 27.8 Å². The summed E-state index contributed by atoms with van der Waals surface area (Å²) in [6, 6.07) is 13.9. The summed E-state index contributed by atoms with van der Waals surface area (Å²) in [6.45, 7) is 3.01. The van der Waals surface area contributed by atoms with E-state index in [0.717, 1.165) is 41.7 Å². The summed E-state index contributed by atoms with van der Waals surface area (Å²) in [5, 5.41) is 6.99. The fourth-order valence-electron chi connectivity index (χ4n) is 5.10. The number of carbonyl (C=O) groups excluding carboxylic acids is 1. The number of carbonyl (C=O) groups is 1. The van der Waals surface area contributed by atoms with Crippen molar-refractivity contribution in [2.75, 3.05) is 16.5 Å². The van der Waals surface area contributed by atoms with Crippen molar-refractivity contribution >= 4 is 50.5 Å². The Balaban J connectivity index is 1.63. The Morgan fingerprint density at radius 1 is 1.18 bits per heavy atom. The molecule has 4 nitrogen and oxygen atoms in total. The Labute approximate surface area is 178 Å². The van der Waals surface area contributed by atoms with Gasteiger partial charge in [-0.15, -0.1) is 0 Å². The van der Waals surface area contributed by atoms with E-state index in [1.165, 1.54) is 11.3 Å². The molecule has 0 bridgehead atoms. The molecule has 2 atom stereocenters. The van der Waals surface area contributed by atoms with Crippen molar-refractivity contribution in [1.29, 1.82) is 0 Å². The minimum Gasteiger partial charge on any atom is -0.367 e. The first-order valence-corrected chi connectivity index (χ1v) is 10.9. The van der Waals surface area contributed by atoms with Crippen LogP contribution in [0, 0.1) is 5.41 Å². The number of amides is 1. The molecule has 0 radical (unpaired) electrons. The number of piperidine rings is 1. The topological polar surface area (TPSA) is 35.9 Å². The molecule has 0 aliphatic carbocycles. The molecule has 0 unspecified atom stereocenters. The summed E-state index contributed by atoms with van der Waals surface area (Å²) < 4.78 is 1.05. The van der Waals surface area contributed by atoms with Crippen molar-refractivity contribution < 1.29 is 4.79 Å². The molecule has 0 aromatic heterocycles. The molecule has 6 heteroatoms. The van der Waals surface area contributed by atoms with E-state index in [4.69, 9.17) is 16.7 Å². The number of hydrogen-bond donors (Lipinski definition) is 0. The summed E-state index contributed by atoms with van der Waals surface area (Å²) in [5.74, 6) is 0.0786. The molecule has 28 heavy (non-hydrogen) atoms. The lowest BCUT2D eigenvalue weighted by atomic mass is 9.66. The van der Waals surface area contributed by atoms with Gasteiger partial charge in [-0.1, -0.05) is 27.5 Å². The normalized spacial score (nSPS) is 26.3. The minimum absolute atomic E-state index is 0.0786. The second-order valence-electron chi connectivity index (χ2n) is 7.90. The van der Waals surface area contributed by atoms with Gasteiger partial charge >= 0.3 is 0 Å². The third-order valence-electron chi connectivity index (χ3n) is 6.43. The lowest BCUT2D eigenvalue weighted by Gasteiger charge is -2.51. The van der Waals surface area contributed by atoms with Crippen molar-refractivity contribution in [2.45, 2.75) is 38.6 Å². The first-order chi connectivity index (χ1) is 13.5. The van der Waals surface area contributed by atoms with Gasteiger partial charge in [-0.05, 0) is 80.6 Å². The first kappa shape index (κ1) is 18.2. The molecule has 3 aliphatic rings. The summed E-state index contributed by atoms with van der Waals surface area (Å²) >= 11 is 9.64.